The summed E-state index contributed by atoms with van der Waals surface area (Å²) in [5.41, 5.74) is 3.38. The molecular weight excluding hydrogens is 298 g/mol. The van der Waals surface area contributed by atoms with Crippen LogP contribution in [0.1, 0.15) is 11.1 Å². The molecule has 0 amide bonds. The summed E-state index contributed by atoms with van der Waals surface area (Å²) in [7, 11) is 0. The Morgan fingerprint density at radius 3 is 2.71 bits per heavy atom. The number of allylic oxidation sites excluding steroid dienone is 2. The predicted octanol–water partition coefficient (Wildman–Crippen LogP) is 4.41. The molecule has 0 saturated carbocycles. The van der Waals surface area contributed by atoms with Crippen LogP contribution >= 0.6 is 0 Å². The number of aromatic hydroxyl groups is 1. The predicted molar refractivity (Wildman–Crippen MR) is 99.2 cm³/mol. The molecule has 4 nitrogen and oxygen atoms in total. The second-order valence-corrected chi connectivity index (χ2v) is 5.41. The average Bonchev–Trinajstić information content (AvgIpc) is 2.94. The largest absolute Gasteiger partial charge is 0.507 e. The van der Waals surface area contributed by atoms with E-state index in [1.165, 1.54) is 0 Å². The quantitative estimate of drug-likeness (QED) is 0.541. The lowest BCUT2D eigenvalue weighted by Gasteiger charge is -2.05. The molecule has 24 heavy (non-hydrogen) atoms. The van der Waals surface area contributed by atoms with Crippen molar-refractivity contribution in [2.75, 3.05) is 0 Å². The highest BCUT2D eigenvalue weighted by Crippen LogP contribution is 2.24. The minimum absolute atomic E-state index is 0.229. The molecule has 3 rings (SSSR count). The number of hydrogen-bond donors (Lipinski definition) is 1. The zero-order valence-corrected chi connectivity index (χ0v) is 13.4. The summed E-state index contributed by atoms with van der Waals surface area (Å²) < 4.78 is 1.99. The first-order valence-corrected chi connectivity index (χ1v) is 7.76. The Hall–Kier alpha value is -3.14. The molecule has 0 unspecified atom stereocenters. The first-order valence-electron chi connectivity index (χ1n) is 7.76. The SMILES string of the molecule is C=CCc1cccc(/C=N/c2nc3ccccc3n2CC=C)c1O. The highest BCUT2D eigenvalue weighted by atomic mass is 16.3. The first-order chi connectivity index (χ1) is 11.7. The van der Waals surface area contributed by atoms with Gasteiger partial charge < -0.3 is 9.67 Å². The summed E-state index contributed by atoms with van der Waals surface area (Å²) in [4.78, 5) is 9.04. The minimum Gasteiger partial charge on any atom is -0.507 e. The molecular formula is C20H19N3O. The molecule has 2 aromatic carbocycles. The van der Waals surface area contributed by atoms with Crippen LogP contribution in [0.4, 0.5) is 5.95 Å². The number of aromatic nitrogens is 2. The number of aliphatic imine (C=N–C) groups is 1. The van der Waals surface area contributed by atoms with Crippen molar-refractivity contribution in [1.29, 1.82) is 0 Å². The van der Waals surface area contributed by atoms with E-state index in [4.69, 9.17) is 0 Å². The summed E-state index contributed by atoms with van der Waals surface area (Å²) >= 11 is 0. The molecule has 0 fully saturated rings. The fourth-order valence-electron chi connectivity index (χ4n) is 2.63. The topological polar surface area (TPSA) is 50.4 Å². The van der Waals surface area contributed by atoms with Gasteiger partial charge in [0.1, 0.15) is 5.75 Å². The van der Waals surface area contributed by atoms with E-state index < -0.39 is 0 Å². The highest BCUT2D eigenvalue weighted by Gasteiger charge is 2.09. The number of fused-ring (bicyclic) bond motifs is 1. The van der Waals surface area contributed by atoms with Crippen molar-refractivity contribution in [3.8, 4) is 5.75 Å². The Morgan fingerprint density at radius 1 is 1.08 bits per heavy atom. The van der Waals surface area contributed by atoms with Crippen LogP contribution in [0.25, 0.3) is 11.0 Å². The Balaban J connectivity index is 2.02. The number of hydrogen-bond acceptors (Lipinski definition) is 3. The average molecular weight is 317 g/mol. The maximum Gasteiger partial charge on any atom is 0.230 e. The third-order valence-corrected chi connectivity index (χ3v) is 3.78. The summed E-state index contributed by atoms with van der Waals surface area (Å²) in [6, 6.07) is 13.5. The van der Waals surface area contributed by atoms with Crippen molar-refractivity contribution >= 4 is 23.2 Å². The lowest BCUT2D eigenvalue weighted by Crippen LogP contribution is -1.95. The molecule has 0 aliphatic carbocycles. The zero-order valence-electron chi connectivity index (χ0n) is 13.4. The van der Waals surface area contributed by atoms with Gasteiger partial charge in [-0.05, 0) is 30.2 Å². The molecule has 0 aliphatic heterocycles. The van der Waals surface area contributed by atoms with Gasteiger partial charge in [0, 0.05) is 18.3 Å². The maximum absolute atomic E-state index is 10.3. The number of para-hydroxylation sites is 3. The second-order valence-electron chi connectivity index (χ2n) is 5.41. The monoisotopic (exact) mass is 317 g/mol. The van der Waals surface area contributed by atoms with Crippen LogP contribution in [0.2, 0.25) is 0 Å². The van der Waals surface area contributed by atoms with Crippen molar-refractivity contribution in [2.24, 2.45) is 4.99 Å². The van der Waals surface area contributed by atoms with Gasteiger partial charge in [0.15, 0.2) is 0 Å². The molecule has 0 bridgehead atoms. The maximum atomic E-state index is 10.3. The Labute approximate surface area is 141 Å². The first kappa shape index (κ1) is 15.7. The van der Waals surface area contributed by atoms with Gasteiger partial charge in [-0.3, -0.25) is 0 Å². The number of nitrogens with zero attached hydrogens (tertiary/aromatic N) is 3. The minimum atomic E-state index is 0.229. The van der Waals surface area contributed by atoms with Gasteiger partial charge >= 0.3 is 0 Å². The molecule has 0 aliphatic rings. The van der Waals surface area contributed by atoms with Crippen LogP contribution in [0.5, 0.6) is 5.75 Å². The van der Waals surface area contributed by atoms with Crippen LogP contribution in [-0.4, -0.2) is 20.9 Å². The molecule has 4 heteroatoms. The Bertz CT molecular complexity index is 922. The number of rotatable bonds is 6. The van der Waals surface area contributed by atoms with Gasteiger partial charge in [0.05, 0.1) is 11.0 Å². The van der Waals surface area contributed by atoms with E-state index in [2.05, 4.69) is 23.1 Å². The van der Waals surface area contributed by atoms with Gasteiger partial charge in [-0.1, -0.05) is 36.4 Å². The van der Waals surface area contributed by atoms with E-state index in [1.54, 1.807) is 12.3 Å². The van der Waals surface area contributed by atoms with Crippen molar-refractivity contribution in [2.45, 2.75) is 13.0 Å². The summed E-state index contributed by atoms with van der Waals surface area (Å²) in [5.74, 6) is 0.817. The molecule has 1 N–H and O–H groups in total. The molecule has 0 atom stereocenters. The van der Waals surface area contributed by atoms with Crippen molar-refractivity contribution in [3.05, 3.63) is 78.9 Å². The van der Waals surface area contributed by atoms with Crippen LogP contribution in [0.3, 0.4) is 0 Å². The third kappa shape index (κ3) is 2.99. The van der Waals surface area contributed by atoms with Gasteiger partial charge in [0.25, 0.3) is 0 Å². The van der Waals surface area contributed by atoms with Gasteiger partial charge in [-0.25, -0.2) is 9.98 Å². The van der Waals surface area contributed by atoms with E-state index in [-0.39, 0.29) is 5.75 Å². The third-order valence-electron chi connectivity index (χ3n) is 3.78. The molecule has 3 aromatic rings. The van der Waals surface area contributed by atoms with Crippen molar-refractivity contribution in [3.63, 3.8) is 0 Å². The molecule has 1 heterocycles. The van der Waals surface area contributed by atoms with E-state index in [0.717, 1.165) is 16.6 Å². The Morgan fingerprint density at radius 2 is 1.92 bits per heavy atom. The number of imidazole rings is 1. The summed E-state index contributed by atoms with van der Waals surface area (Å²) in [6.07, 6.45) is 5.83. The van der Waals surface area contributed by atoms with E-state index in [9.17, 15) is 5.11 Å². The van der Waals surface area contributed by atoms with Crippen LogP contribution in [0, 0.1) is 0 Å². The van der Waals surface area contributed by atoms with Crippen molar-refractivity contribution in [1.82, 2.24) is 9.55 Å². The zero-order chi connectivity index (χ0) is 16.9. The second kappa shape index (κ2) is 6.96. The van der Waals surface area contributed by atoms with Crippen LogP contribution in [-0.2, 0) is 13.0 Å². The normalized spacial score (nSPS) is 11.2. The lowest BCUT2D eigenvalue weighted by atomic mass is 10.1. The lowest BCUT2D eigenvalue weighted by molar-refractivity contribution is 0.469. The van der Waals surface area contributed by atoms with E-state index in [1.807, 2.05) is 53.1 Å². The summed E-state index contributed by atoms with van der Waals surface area (Å²) in [5, 5.41) is 10.3. The highest BCUT2D eigenvalue weighted by molar-refractivity contribution is 5.86. The fourth-order valence-corrected chi connectivity index (χ4v) is 2.63. The standard InChI is InChI=1S/C20H19N3O/c1-3-8-15-9-7-10-16(19(15)24)14-21-20-22-17-11-5-6-12-18(17)23(20)13-4-2/h3-7,9-12,14,24H,1-2,8,13H2/b21-14+. The molecule has 0 radical (unpaired) electrons. The molecule has 1 aromatic heterocycles. The molecule has 120 valence electrons. The number of phenols is 1. The molecule has 0 spiro atoms. The van der Waals surface area contributed by atoms with E-state index in [0.29, 0.717) is 24.5 Å². The summed E-state index contributed by atoms with van der Waals surface area (Å²) in [6.45, 7) is 8.13. The van der Waals surface area contributed by atoms with Gasteiger partial charge in [0.2, 0.25) is 5.95 Å². The smallest absolute Gasteiger partial charge is 0.230 e. The van der Waals surface area contributed by atoms with Crippen LogP contribution in [0.15, 0.2) is 72.8 Å². The van der Waals surface area contributed by atoms with E-state index >= 15 is 0 Å². The Kier molecular flexibility index (Phi) is 4.57. The van der Waals surface area contributed by atoms with Crippen LogP contribution < -0.4 is 0 Å². The number of benzene rings is 2. The fraction of sp³-hybridized carbons (Fsp3) is 0.100. The van der Waals surface area contributed by atoms with Gasteiger partial charge in [-0.15, -0.1) is 13.2 Å². The molecule has 0 saturated heterocycles. The number of phenolic OH excluding ortho intramolecular Hbond substituents is 1. The van der Waals surface area contributed by atoms with Crippen molar-refractivity contribution < 1.29 is 5.11 Å². The van der Waals surface area contributed by atoms with Gasteiger partial charge in [-0.2, -0.15) is 0 Å².